The molecule has 0 saturated heterocycles. The van der Waals surface area contributed by atoms with Crippen molar-refractivity contribution in [1.82, 2.24) is 14.1 Å². The SMILES string of the molecule is Cc1ccccc1-c1ccc2c3ccccc3n(-c3cncc(-n4c5ccccc5c5ccc(-c6ccccc6C)cc54)c3-c3cccc(C#N)c3)c2c1. The number of hydrogen-bond donors (Lipinski definition) is 0. The summed E-state index contributed by atoms with van der Waals surface area (Å²) in [5.41, 5.74) is 16.0. The summed E-state index contributed by atoms with van der Waals surface area (Å²) in [4.78, 5) is 5.04. The van der Waals surface area contributed by atoms with Gasteiger partial charge in [-0.25, -0.2) is 0 Å². The largest absolute Gasteiger partial charge is 0.307 e. The van der Waals surface area contributed by atoms with Crippen molar-refractivity contribution >= 4 is 43.6 Å². The summed E-state index contributed by atoms with van der Waals surface area (Å²) in [5.74, 6) is 0. The Kier molecular flexibility index (Phi) is 7.28. The summed E-state index contributed by atoms with van der Waals surface area (Å²) in [7, 11) is 0. The number of para-hydroxylation sites is 2. The van der Waals surface area contributed by atoms with Crippen LogP contribution in [0.15, 0.2) is 170 Å². The fraction of sp³-hybridized carbons (Fsp3) is 0.0400. The average molecular weight is 691 g/mol. The molecule has 4 nitrogen and oxygen atoms in total. The highest BCUT2D eigenvalue weighted by Crippen LogP contribution is 2.43. The summed E-state index contributed by atoms with van der Waals surface area (Å²) < 4.78 is 4.73. The zero-order valence-electron chi connectivity index (χ0n) is 30.0. The van der Waals surface area contributed by atoms with Gasteiger partial charge in [0, 0.05) is 27.1 Å². The Balaban J connectivity index is 1.34. The first-order valence-electron chi connectivity index (χ1n) is 18.3. The molecular weight excluding hydrogens is 657 g/mol. The third kappa shape index (κ3) is 4.87. The van der Waals surface area contributed by atoms with Crippen molar-refractivity contribution in [2.75, 3.05) is 0 Å². The first-order valence-corrected chi connectivity index (χ1v) is 18.3. The van der Waals surface area contributed by atoms with E-state index in [-0.39, 0.29) is 0 Å². The average Bonchev–Trinajstić information content (AvgIpc) is 3.73. The van der Waals surface area contributed by atoms with E-state index in [1.807, 2.05) is 30.6 Å². The number of rotatable bonds is 5. The van der Waals surface area contributed by atoms with E-state index in [4.69, 9.17) is 4.98 Å². The number of aromatic nitrogens is 3. The first kappa shape index (κ1) is 31.5. The molecular formula is C50H34N4. The maximum absolute atomic E-state index is 10.1. The van der Waals surface area contributed by atoms with E-state index >= 15 is 0 Å². The zero-order chi connectivity index (χ0) is 36.3. The minimum absolute atomic E-state index is 0.606. The minimum Gasteiger partial charge on any atom is -0.307 e. The molecule has 0 atom stereocenters. The fourth-order valence-corrected chi connectivity index (χ4v) is 8.41. The molecule has 3 aromatic heterocycles. The van der Waals surface area contributed by atoms with Gasteiger partial charge in [0.2, 0.25) is 0 Å². The number of aryl methyl sites for hydroxylation is 2. The molecule has 10 rings (SSSR count). The molecule has 0 unspecified atom stereocenters. The fourth-order valence-electron chi connectivity index (χ4n) is 8.41. The molecule has 10 aromatic rings. The topological polar surface area (TPSA) is 46.5 Å². The molecule has 0 amide bonds. The molecule has 254 valence electrons. The zero-order valence-corrected chi connectivity index (χ0v) is 30.0. The molecule has 0 fully saturated rings. The highest BCUT2D eigenvalue weighted by Gasteiger charge is 2.23. The lowest BCUT2D eigenvalue weighted by molar-refractivity contribution is 1.09. The number of pyridine rings is 1. The summed E-state index contributed by atoms with van der Waals surface area (Å²) in [6.45, 7) is 4.33. The van der Waals surface area contributed by atoms with Crippen molar-refractivity contribution < 1.29 is 0 Å². The molecule has 0 aliphatic heterocycles. The molecule has 0 bridgehead atoms. The number of nitriles is 1. The van der Waals surface area contributed by atoms with Crippen LogP contribution in [0, 0.1) is 25.2 Å². The van der Waals surface area contributed by atoms with Crippen molar-refractivity contribution in [3.05, 3.63) is 187 Å². The lowest BCUT2D eigenvalue weighted by Crippen LogP contribution is -2.05. The van der Waals surface area contributed by atoms with Gasteiger partial charge in [-0.2, -0.15) is 5.26 Å². The smallest absolute Gasteiger partial charge is 0.0991 e. The molecule has 3 heterocycles. The summed E-state index contributed by atoms with van der Waals surface area (Å²) in [5, 5.41) is 14.8. The van der Waals surface area contributed by atoms with Crippen LogP contribution in [0.1, 0.15) is 16.7 Å². The molecule has 4 heteroatoms. The molecule has 0 N–H and O–H groups in total. The number of benzene rings is 7. The predicted molar refractivity (Wildman–Crippen MR) is 223 cm³/mol. The molecule has 0 spiro atoms. The molecule has 54 heavy (non-hydrogen) atoms. The van der Waals surface area contributed by atoms with Gasteiger partial charge in [0.15, 0.2) is 0 Å². The molecule has 0 aliphatic carbocycles. The van der Waals surface area contributed by atoms with Gasteiger partial charge in [-0.05, 0) is 89.2 Å². The Hall–Kier alpha value is -7.22. The van der Waals surface area contributed by atoms with Gasteiger partial charge in [-0.1, -0.05) is 121 Å². The van der Waals surface area contributed by atoms with E-state index in [0.717, 1.165) is 55.7 Å². The third-order valence-electron chi connectivity index (χ3n) is 10.9. The summed E-state index contributed by atoms with van der Waals surface area (Å²) in [6, 6.07) is 58.3. The number of nitrogens with zero attached hydrogens (tertiary/aromatic N) is 4. The van der Waals surface area contributed by atoms with Crippen LogP contribution in [0.25, 0.3) is 88.4 Å². The van der Waals surface area contributed by atoms with E-state index < -0.39 is 0 Å². The van der Waals surface area contributed by atoms with Crippen LogP contribution in [0.2, 0.25) is 0 Å². The van der Waals surface area contributed by atoms with Crippen molar-refractivity contribution in [1.29, 1.82) is 5.26 Å². The minimum atomic E-state index is 0.606. The maximum Gasteiger partial charge on any atom is 0.0991 e. The van der Waals surface area contributed by atoms with E-state index in [1.54, 1.807) is 0 Å². The predicted octanol–water partition coefficient (Wildman–Crippen LogP) is 12.8. The molecule has 7 aromatic carbocycles. The Bertz CT molecular complexity index is 2970. The second kappa shape index (κ2) is 12.5. The highest BCUT2D eigenvalue weighted by atomic mass is 15.0. The quantitative estimate of drug-likeness (QED) is 0.180. The van der Waals surface area contributed by atoms with Gasteiger partial charge in [0.25, 0.3) is 0 Å². The molecule has 0 saturated carbocycles. The van der Waals surface area contributed by atoms with Crippen LogP contribution in [0.4, 0.5) is 0 Å². The van der Waals surface area contributed by atoms with E-state index in [0.29, 0.717) is 5.56 Å². The second-order valence-corrected chi connectivity index (χ2v) is 14.0. The Morgan fingerprint density at radius 2 is 0.926 bits per heavy atom. The molecule has 0 aliphatic rings. The van der Waals surface area contributed by atoms with E-state index in [1.165, 1.54) is 43.8 Å². The van der Waals surface area contributed by atoms with Crippen LogP contribution < -0.4 is 0 Å². The normalized spacial score (nSPS) is 11.5. The lowest BCUT2D eigenvalue weighted by Gasteiger charge is -2.20. The Morgan fingerprint density at radius 1 is 0.444 bits per heavy atom. The summed E-state index contributed by atoms with van der Waals surface area (Å²) >= 11 is 0. The van der Waals surface area contributed by atoms with Crippen LogP contribution >= 0.6 is 0 Å². The lowest BCUT2D eigenvalue weighted by atomic mass is 9.98. The standard InChI is InChI=1S/C50H34N4/c1-32-12-3-5-16-38(32)35-22-24-42-40-18-7-9-20-44(40)53(46(42)27-35)48-30-52-31-49(50(48)37-15-11-14-34(26-37)29-51)54-45-21-10-8-19-41(45)43-25-23-36(28-47(43)54)39-17-6-4-13-33(39)2/h3-28,30-31H,1-2H3. The van der Waals surface area contributed by atoms with Gasteiger partial charge >= 0.3 is 0 Å². The van der Waals surface area contributed by atoms with Gasteiger partial charge in [-0.3, -0.25) is 4.98 Å². The van der Waals surface area contributed by atoms with Crippen molar-refractivity contribution in [2.45, 2.75) is 13.8 Å². The second-order valence-electron chi connectivity index (χ2n) is 14.0. The Morgan fingerprint density at radius 3 is 1.44 bits per heavy atom. The van der Waals surface area contributed by atoms with E-state index in [9.17, 15) is 5.26 Å². The van der Waals surface area contributed by atoms with Crippen LogP contribution in [-0.2, 0) is 0 Å². The van der Waals surface area contributed by atoms with Crippen LogP contribution in [0.5, 0.6) is 0 Å². The highest BCUT2D eigenvalue weighted by molar-refractivity contribution is 6.13. The Labute approximate surface area is 313 Å². The van der Waals surface area contributed by atoms with Crippen molar-refractivity contribution in [3.8, 4) is 50.8 Å². The van der Waals surface area contributed by atoms with Gasteiger partial charge in [0.1, 0.15) is 0 Å². The van der Waals surface area contributed by atoms with Gasteiger partial charge in [-0.15, -0.1) is 0 Å². The maximum atomic E-state index is 10.1. The van der Waals surface area contributed by atoms with Crippen LogP contribution in [-0.4, -0.2) is 14.1 Å². The number of fused-ring (bicyclic) bond motifs is 6. The van der Waals surface area contributed by atoms with Crippen molar-refractivity contribution in [3.63, 3.8) is 0 Å². The van der Waals surface area contributed by atoms with E-state index in [2.05, 4.69) is 169 Å². The van der Waals surface area contributed by atoms with Crippen LogP contribution in [0.3, 0.4) is 0 Å². The third-order valence-corrected chi connectivity index (χ3v) is 10.9. The van der Waals surface area contributed by atoms with Gasteiger partial charge < -0.3 is 9.13 Å². The van der Waals surface area contributed by atoms with Crippen molar-refractivity contribution in [2.24, 2.45) is 0 Å². The number of hydrogen-bond acceptors (Lipinski definition) is 2. The van der Waals surface area contributed by atoms with Gasteiger partial charge in [0.05, 0.1) is 57.5 Å². The molecule has 0 radical (unpaired) electrons. The monoisotopic (exact) mass is 690 g/mol. The first-order chi connectivity index (χ1) is 26.6. The summed E-state index contributed by atoms with van der Waals surface area (Å²) in [6.07, 6.45) is 3.97.